The molecular weight excluding hydrogens is 398 g/mol. The summed E-state index contributed by atoms with van der Waals surface area (Å²) < 4.78 is 64.8. The molecule has 0 heterocycles. The van der Waals surface area contributed by atoms with Gasteiger partial charge in [-0.25, -0.2) is 13.6 Å². The van der Waals surface area contributed by atoms with Gasteiger partial charge in [0.25, 0.3) is 5.91 Å². The number of alkyl halides is 2. The van der Waals surface area contributed by atoms with E-state index in [1.165, 1.54) is 25.3 Å². The number of carbonyl (C=O) groups excluding carboxylic acids is 2. The molecule has 6 nitrogen and oxygen atoms in total. The van der Waals surface area contributed by atoms with E-state index in [0.717, 1.165) is 12.1 Å². The minimum atomic E-state index is -2.99. The summed E-state index contributed by atoms with van der Waals surface area (Å²) in [5.74, 6) is -3.55. The second-order valence-electron chi connectivity index (χ2n) is 5.70. The molecule has 0 aliphatic rings. The Morgan fingerprint density at radius 3 is 2.34 bits per heavy atom. The number of rotatable bonds is 9. The molecule has 0 radical (unpaired) electrons. The average Bonchev–Trinajstić information content (AvgIpc) is 2.66. The average molecular weight is 415 g/mol. The van der Waals surface area contributed by atoms with Crippen LogP contribution in [0.25, 0.3) is 0 Å². The molecule has 0 fully saturated rings. The van der Waals surface area contributed by atoms with Crippen molar-refractivity contribution in [2.24, 2.45) is 0 Å². The van der Waals surface area contributed by atoms with Gasteiger partial charge in [0.15, 0.2) is 18.1 Å². The van der Waals surface area contributed by atoms with Crippen LogP contribution in [0.15, 0.2) is 36.4 Å². The summed E-state index contributed by atoms with van der Waals surface area (Å²) in [5.41, 5.74) is 0.324. The first kappa shape index (κ1) is 22.0. The first-order valence-electron chi connectivity index (χ1n) is 8.30. The Morgan fingerprint density at radius 2 is 1.72 bits per heavy atom. The SMILES string of the molecule is COc1cc(CCNC(=O)COC(=O)c2cc(F)cc(F)c2)ccc1OC(F)F. The monoisotopic (exact) mass is 415 g/mol. The van der Waals surface area contributed by atoms with Crippen molar-refractivity contribution < 1.29 is 41.4 Å². The van der Waals surface area contributed by atoms with E-state index in [4.69, 9.17) is 9.47 Å². The van der Waals surface area contributed by atoms with Crippen molar-refractivity contribution in [1.82, 2.24) is 5.32 Å². The van der Waals surface area contributed by atoms with Crippen LogP contribution in [0.1, 0.15) is 15.9 Å². The normalized spacial score (nSPS) is 10.6. The molecule has 0 unspecified atom stereocenters. The van der Waals surface area contributed by atoms with Crippen LogP contribution in [0.2, 0.25) is 0 Å². The van der Waals surface area contributed by atoms with Crippen molar-refractivity contribution in [3.05, 3.63) is 59.2 Å². The molecular formula is C19H17F4NO5. The summed E-state index contributed by atoms with van der Waals surface area (Å²) in [4.78, 5) is 23.4. The number of esters is 1. The quantitative estimate of drug-likeness (QED) is 0.503. The molecule has 156 valence electrons. The van der Waals surface area contributed by atoms with Gasteiger partial charge in [0.1, 0.15) is 11.6 Å². The zero-order valence-corrected chi connectivity index (χ0v) is 15.2. The van der Waals surface area contributed by atoms with Crippen molar-refractivity contribution in [3.63, 3.8) is 0 Å². The van der Waals surface area contributed by atoms with Crippen LogP contribution in [0.4, 0.5) is 17.6 Å². The standard InChI is InChI=1S/C19H17F4NO5/c1-27-16-6-11(2-3-15(16)29-19(22)23)4-5-24-17(25)10-28-18(26)12-7-13(20)9-14(21)8-12/h2-3,6-9,19H,4-5,10H2,1H3,(H,24,25). The molecule has 0 aliphatic carbocycles. The van der Waals surface area contributed by atoms with E-state index in [0.29, 0.717) is 18.1 Å². The lowest BCUT2D eigenvalue weighted by Gasteiger charge is -2.12. The van der Waals surface area contributed by atoms with Gasteiger partial charge in [-0.15, -0.1) is 0 Å². The lowest BCUT2D eigenvalue weighted by atomic mass is 10.1. The summed E-state index contributed by atoms with van der Waals surface area (Å²) in [6.07, 6.45) is 0.333. The van der Waals surface area contributed by atoms with Gasteiger partial charge in [-0.3, -0.25) is 4.79 Å². The summed E-state index contributed by atoms with van der Waals surface area (Å²) in [6.45, 7) is -3.47. The minimum absolute atomic E-state index is 0.115. The van der Waals surface area contributed by atoms with Crippen molar-refractivity contribution in [2.75, 3.05) is 20.3 Å². The minimum Gasteiger partial charge on any atom is -0.493 e. The van der Waals surface area contributed by atoms with Crippen LogP contribution in [0.5, 0.6) is 11.5 Å². The summed E-state index contributed by atoms with van der Waals surface area (Å²) in [7, 11) is 1.30. The highest BCUT2D eigenvalue weighted by Gasteiger charge is 2.13. The van der Waals surface area contributed by atoms with E-state index in [2.05, 4.69) is 10.1 Å². The highest BCUT2D eigenvalue weighted by Crippen LogP contribution is 2.29. The zero-order chi connectivity index (χ0) is 21.4. The van der Waals surface area contributed by atoms with Gasteiger partial charge in [-0.2, -0.15) is 8.78 Å². The number of hydrogen-bond acceptors (Lipinski definition) is 5. The van der Waals surface area contributed by atoms with Crippen molar-refractivity contribution in [3.8, 4) is 11.5 Å². The number of ether oxygens (including phenoxy) is 3. The Balaban J connectivity index is 1.80. The molecule has 1 amide bonds. The van der Waals surface area contributed by atoms with E-state index in [1.807, 2.05) is 0 Å². The Labute approximate surface area is 163 Å². The molecule has 10 heteroatoms. The number of hydrogen-bond donors (Lipinski definition) is 1. The zero-order valence-electron chi connectivity index (χ0n) is 15.2. The molecule has 2 aromatic carbocycles. The maximum absolute atomic E-state index is 13.1. The van der Waals surface area contributed by atoms with E-state index >= 15 is 0 Å². The largest absolute Gasteiger partial charge is 0.493 e. The fraction of sp³-hybridized carbons (Fsp3) is 0.263. The van der Waals surface area contributed by atoms with E-state index < -0.39 is 36.7 Å². The van der Waals surface area contributed by atoms with Gasteiger partial charge < -0.3 is 19.5 Å². The Kier molecular flexibility index (Phi) is 7.81. The molecule has 29 heavy (non-hydrogen) atoms. The smallest absolute Gasteiger partial charge is 0.387 e. The summed E-state index contributed by atoms with van der Waals surface area (Å²) in [5, 5.41) is 2.49. The third-order valence-corrected chi connectivity index (χ3v) is 3.61. The Bertz CT molecular complexity index is 855. The van der Waals surface area contributed by atoms with Gasteiger partial charge in [0.05, 0.1) is 12.7 Å². The highest BCUT2D eigenvalue weighted by molar-refractivity contribution is 5.91. The van der Waals surface area contributed by atoms with Gasteiger partial charge in [0.2, 0.25) is 0 Å². The van der Waals surface area contributed by atoms with E-state index in [-0.39, 0.29) is 23.6 Å². The van der Waals surface area contributed by atoms with Crippen LogP contribution < -0.4 is 14.8 Å². The predicted molar refractivity (Wildman–Crippen MR) is 93.0 cm³/mol. The van der Waals surface area contributed by atoms with Gasteiger partial charge in [-0.1, -0.05) is 6.07 Å². The molecule has 0 aromatic heterocycles. The van der Waals surface area contributed by atoms with Crippen molar-refractivity contribution in [2.45, 2.75) is 13.0 Å². The molecule has 0 aliphatic heterocycles. The lowest BCUT2D eigenvalue weighted by molar-refractivity contribution is -0.124. The fourth-order valence-corrected chi connectivity index (χ4v) is 2.34. The molecule has 2 rings (SSSR count). The highest BCUT2D eigenvalue weighted by atomic mass is 19.3. The number of carbonyl (C=O) groups is 2. The third-order valence-electron chi connectivity index (χ3n) is 3.61. The lowest BCUT2D eigenvalue weighted by Crippen LogP contribution is -2.30. The molecule has 0 spiro atoms. The molecule has 0 saturated carbocycles. The fourth-order valence-electron chi connectivity index (χ4n) is 2.34. The van der Waals surface area contributed by atoms with Crippen LogP contribution in [-0.2, 0) is 16.0 Å². The van der Waals surface area contributed by atoms with E-state index in [1.54, 1.807) is 0 Å². The third kappa shape index (κ3) is 6.98. The van der Waals surface area contributed by atoms with Gasteiger partial charge >= 0.3 is 12.6 Å². The first-order chi connectivity index (χ1) is 13.8. The van der Waals surface area contributed by atoms with Crippen molar-refractivity contribution in [1.29, 1.82) is 0 Å². The number of nitrogens with one attached hydrogen (secondary N) is 1. The van der Waals surface area contributed by atoms with Gasteiger partial charge in [-0.05, 0) is 36.2 Å². The first-order valence-corrected chi connectivity index (χ1v) is 8.30. The van der Waals surface area contributed by atoms with E-state index in [9.17, 15) is 27.2 Å². The van der Waals surface area contributed by atoms with Crippen LogP contribution in [0.3, 0.4) is 0 Å². The predicted octanol–water partition coefficient (Wildman–Crippen LogP) is 3.09. The molecule has 0 saturated heterocycles. The van der Waals surface area contributed by atoms with Crippen LogP contribution in [-0.4, -0.2) is 38.7 Å². The number of halogens is 4. The Morgan fingerprint density at radius 1 is 1.03 bits per heavy atom. The topological polar surface area (TPSA) is 73.9 Å². The maximum atomic E-state index is 13.1. The second kappa shape index (κ2) is 10.3. The molecule has 0 bridgehead atoms. The number of amides is 1. The second-order valence-corrected chi connectivity index (χ2v) is 5.70. The molecule has 1 N–H and O–H groups in total. The van der Waals surface area contributed by atoms with Crippen molar-refractivity contribution >= 4 is 11.9 Å². The van der Waals surface area contributed by atoms with Gasteiger partial charge in [0, 0.05) is 12.6 Å². The maximum Gasteiger partial charge on any atom is 0.387 e. The molecule has 0 atom stereocenters. The Hall–Kier alpha value is -3.30. The summed E-state index contributed by atoms with van der Waals surface area (Å²) >= 11 is 0. The van der Waals surface area contributed by atoms with Crippen LogP contribution in [0, 0.1) is 11.6 Å². The van der Waals surface area contributed by atoms with Crippen LogP contribution >= 0.6 is 0 Å². The number of benzene rings is 2. The summed E-state index contributed by atoms with van der Waals surface area (Å²) in [6, 6.07) is 6.52. The molecule has 2 aromatic rings. The number of methoxy groups -OCH3 is 1.